The van der Waals surface area contributed by atoms with E-state index in [2.05, 4.69) is 10.3 Å². The van der Waals surface area contributed by atoms with Gasteiger partial charge in [-0.15, -0.1) is 0 Å². The van der Waals surface area contributed by atoms with Gasteiger partial charge in [-0.3, -0.25) is 4.79 Å². The molecule has 1 aliphatic heterocycles. The van der Waals surface area contributed by atoms with Crippen LogP contribution in [0.5, 0.6) is 0 Å². The van der Waals surface area contributed by atoms with Crippen molar-refractivity contribution in [3.63, 3.8) is 0 Å². The Hall–Kier alpha value is -1.51. The van der Waals surface area contributed by atoms with Crippen molar-refractivity contribution in [3.05, 3.63) is 4.88 Å². The van der Waals surface area contributed by atoms with E-state index in [1.165, 1.54) is 0 Å². The first-order valence-corrected chi connectivity index (χ1v) is 7.04. The molecule has 0 bridgehead atoms. The van der Waals surface area contributed by atoms with Gasteiger partial charge in [-0.05, 0) is 12.8 Å². The molecule has 1 fully saturated rings. The molecule has 112 valence electrons. The van der Waals surface area contributed by atoms with Crippen LogP contribution in [0.15, 0.2) is 0 Å². The minimum absolute atomic E-state index is 0.0707. The largest absolute Gasteiger partial charge is 0.390 e. The zero-order valence-electron chi connectivity index (χ0n) is 10.7. The molecule has 3 N–H and O–H groups in total. The average Bonchev–Trinajstić information content (AvgIpc) is 2.95. The Balaban J connectivity index is 1.95. The fourth-order valence-electron chi connectivity index (χ4n) is 1.92. The van der Waals surface area contributed by atoms with Gasteiger partial charge < -0.3 is 16.0 Å². The van der Waals surface area contributed by atoms with Crippen LogP contribution in [-0.2, 0) is 0 Å². The molecular formula is C11H15F3N4OS. The lowest BCUT2D eigenvalue weighted by Gasteiger charge is -2.11. The van der Waals surface area contributed by atoms with Crippen LogP contribution >= 0.6 is 11.3 Å². The molecule has 1 saturated heterocycles. The number of hydrogen-bond acceptors (Lipinski definition) is 5. The SMILES string of the molecule is Nc1nc(N2CCCC2)sc1C(=O)NCCC(F)(F)F. The second-order valence-corrected chi connectivity index (χ2v) is 5.50. The molecule has 20 heavy (non-hydrogen) atoms. The van der Waals surface area contributed by atoms with Crippen molar-refractivity contribution in [1.29, 1.82) is 0 Å². The normalized spacial score (nSPS) is 15.7. The third-order valence-corrected chi connectivity index (χ3v) is 4.05. The number of nitrogens with zero attached hydrogens (tertiary/aromatic N) is 2. The number of halogens is 3. The van der Waals surface area contributed by atoms with E-state index in [0.29, 0.717) is 5.13 Å². The smallest absolute Gasteiger partial charge is 0.382 e. The molecule has 1 aromatic rings. The molecule has 0 unspecified atom stereocenters. The standard InChI is InChI=1S/C11H15F3N4OS/c12-11(13,14)3-4-16-9(19)7-8(15)17-10(20-7)18-5-1-2-6-18/h1-6,15H2,(H,16,19). The third-order valence-electron chi connectivity index (χ3n) is 2.92. The van der Waals surface area contributed by atoms with Gasteiger partial charge in [0.25, 0.3) is 5.91 Å². The average molecular weight is 308 g/mol. The fraction of sp³-hybridized carbons (Fsp3) is 0.636. The van der Waals surface area contributed by atoms with Crippen molar-refractivity contribution in [1.82, 2.24) is 10.3 Å². The predicted octanol–water partition coefficient (Wildman–Crippen LogP) is 2.01. The molecule has 0 atom stereocenters. The highest BCUT2D eigenvalue weighted by molar-refractivity contribution is 7.18. The Bertz CT molecular complexity index is 483. The number of carbonyl (C=O) groups is 1. The van der Waals surface area contributed by atoms with Gasteiger partial charge in [0, 0.05) is 19.6 Å². The molecule has 2 rings (SSSR count). The second kappa shape index (κ2) is 5.86. The summed E-state index contributed by atoms with van der Waals surface area (Å²) in [5, 5.41) is 2.87. The van der Waals surface area contributed by atoms with E-state index < -0.39 is 25.0 Å². The van der Waals surface area contributed by atoms with Gasteiger partial charge >= 0.3 is 6.18 Å². The number of carbonyl (C=O) groups excluding carboxylic acids is 1. The van der Waals surface area contributed by atoms with Crippen molar-refractivity contribution < 1.29 is 18.0 Å². The van der Waals surface area contributed by atoms with Crippen LogP contribution in [-0.4, -0.2) is 36.7 Å². The Kier molecular flexibility index (Phi) is 4.36. The van der Waals surface area contributed by atoms with Gasteiger partial charge in [0.1, 0.15) is 10.7 Å². The number of hydrogen-bond donors (Lipinski definition) is 2. The summed E-state index contributed by atoms with van der Waals surface area (Å²) in [6.07, 6.45) is -3.22. The lowest BCUT2D eigenvalue weighted by Crippen LogP contribution is -2.27. The first-order chi connectivity index (χ1) is 9.37. The molecule has 0 spiro atoms. The summed E-state index contributed by atoms with van der Waals surface area (Å²) >= 11 is 1.12. The van der Waals surface area contributed by atoms with Crippen molar-refractivity contribution in [2.24, 2.45) is 0 Å². The van der Waals surface area contributed by atoms with Crippen LogP contribution in [0.1, 0.15) is 28.9 Å². The van der Waals surface area contributed by atoms with Crippen molar-refractivity contribution in [2.75, 3.05) is 30.3 Å². The quantitative estimate of drug-likeness (QED) is 0.892. The number of aromatic nitrogens is 1. The Labute approximate surface area is 118 Å². The molecule has 0 saturated carbocycles. The van der Waals surface area contributed by atoms with Gasteiger partial charge in [0.15, 0.2) is 5.13 Å². The maximum Gasteiger partial charge on any atom is 0.390 e. The summed E-state index contributed by atoms with van der Waals surface area (Å²) in [4.78, 5) is 18.1. The lowest BCUT2D eigenvalue weighted by molar-refractivity contribution is -0.132. The summed E-state index contributed by atoms with van der Waals surface area (Å²) < 4.78 is 36.0. The molecule has 0 radical (unpaired) electrons. The van der Waals surface area contributed by atoms with E-state index in [1.54, 1.807) is 0 Å². The van der Waals surface area contributed by atoms with Crippen LogP contribution in [0.3, 0.4) is 0 Å². The molecule has 2 heterocycles. The van der Waals surface area contributed by atoms with Crippen LogP contribution < -0.4 is 16.0 Å². The minimum Gasteiger partial charge on any atom is -0.382 e. The zero-order chi connectivity index (χ0) is 14.8. The van der Waals surface area contributed by atoms with Gasteiger partial charge in [0.2, 0.25) is 0 Å². The molecule has 9 heteroatoms. The van der Waals surface area contributed by atoms with Gasteiger partial charge in [0.05, 0.1) is 6.42 Å². The van der Waals surface area contributed by atoms with E-state index in [4.69, 9.17) is 5.73 Å². The molecule has 0 aliphatic carbocycles. The van der Waals surface area contributed by atoms with Gasteiger partial charge in [-0.2, -0.15) is 13.2 Å². The second-order valence-electron chi connectivity index (χ2n) is 4.53. The van der Waals surface area contributed by atoms with Gasteiger partial charge in [-0.1, -0.05) is 11.3 Å². The van der Waals surface area contributed by atoms with E-state index in [9.17, 15) is 18.0 Å². The molecule has 1 aliphatic rings. The maximum absolute atomic E-state index is 12.0. The van der Waals surface area contributed by atoms with E-state index >= 15 is 0 Å². The third kappa shape index (κ3) is 3.75. The Morgan fingerprint density at radius 2 is 2.05 bits per heavy atom. The first kappa shape index (κ1) is 14.9. The summed E-state index contributed by atoms with van der Waals surface area (Å²) in [7, 11) is 0. The van der Waals surface area contributed by atoms with Crippen molar-refractivity contribution >= 4 is 28.2 Å². The molecule has 1 amide bonds. The Morgan fingerprint density at radius 1 is 1.40 bits per heavy atom. The van der Waals surface area contributed by atoms with Crippen LogP contribution in [0.2, 0.25) is 0 Å². The fourth-order valence-corrected chi connectivity index (χ4v) is 2.88. The van der Waals surface area contributed by atoms with Gasteiger partial charge in [-0.25, -0.2) is 4.98 Å². The van der Waals surface area contributed by atoms with Crippen LogP contribution in [0, 0.1) is 0 Å². The maximum atomic E-state index is 12.0. The number of rotatable bonds is 4. The summed E-state index contributed by atoms with van der Waals surface area (Å²) in [6.45, 7) is 1.27. The van der Waals surface area contributed by atoms with E-state index in [1.807, 2.05) is 4.90 Å². The number of nitrogens with one attached hydrogen (secondary N) is 1. The number of nitrogens with two attached hydrogens (primary N) is 1. The van der Waals surface area contributed by atoms with Crippen molar-refractivity contribution in [2.45, 2.75) is 25.4 Å². The summed E-state index contributed by atoms with van der Waals surface area (Å²) in [5.74, 6) is -0.531. The number of nitrogen functional groups attached to an aromatic ring is 1. The number of anilines is 2. The number of amides is 1. The lowest BCUT2D eigenvalue weighted by atomic mass is 10.4. The molecule has 5 nitrogen and oxygen atoms in total. The predicted molar refractivity (Wildman–Crippen MR) is 71.0 cm³/mol. The molecule has 0 aromatic carbocycles. The Morgan fingerprint density at radius 3 is 2.65 bits per heavy atom. The topological polar surface area (TPSA) is 71.2 Å². The van der Waals surface area contributed by atoms with E-state index in [-0.39, 0.29) is 10.7 Å². The van der Waals surface area contributed by atoms with E-state index in [0.717, 1.165) is 37.3 Å². The zero-order valence-corrected chi connectivity index (χ0v) is 11.5. The highest BCUT2D eigenvalue weighted by Crippen LogP contribution is 2.30. The summed E-state index contributed by atoms with van der Waals surface area (Å²) in [5.41, 5.74) is 5.66. The first-order valence-electron chi connectivity index (χ1n) is 6.23. The minimum atomic E-state index is -4.28. The highest BCUT2D eigenvalue weighted by atomic mass is 32.1. The summed E-state index contributed by atoms with van der Waals surface area (Å²) in [6, 6.07) is 0. The molecule has 1 aromatic heterocycles. The van der Waals surface area contributed by atoms with Crippen LogP contribution in [0.4, 0.5) is 24.1 Å². The number of alkyl halides is 3. The molecular weight excluding hydrogens is 293 g/mol. The van der Waals surface area contributed by atoms with Crippen LogP contribution in [0.25, 0.3) is 0 Å². The monoisotopic (exact) mass is 308 g/mol. The number of thiazole rings is 1. The highest BCUT2D eigenvalue weighted by Gasteiger charge is 2.27. The van der Waals surface area contributed by atoms with Crippen molar-refractivity contribution in [3.8, 4) is 0 Å².